The van der Waals surface area contributed by atoms with Gasteiger partial charge in [0.25, 0.3) is 5.56 Å². The van der Waals surface area contributed by atoms with Crippen LogP contribution >= 0.6 is 0 Å². The van der Waals surface area contributed by atoms with Crippen LogP contribution in [0.5, 0.6) is 0 Å². The number of aromatic amines is 1. The molecular formula is C15H12N4O. The Morgan fingerprint density at radius 2 is 1.80 bits per heavy atom. The van der Waals surface area contributed by atoms with Gasteiger partial charge >= 0.3 is 0 Å². The number of hydrazone groups is 1. The van der Waals surface area contributed by atoms with Crippen molar-refractivity contribution in [3.05, 3.63) is 70.5 Å². The number of fused-ring (bicyclic) bond motifs is 1. The van der Waals surface area contributed by atoms with Crippen LogP contribution in [0.4, 0.5) is 5.82 Å². The van der Waals surface area contributed by atoms with Crippen LogP contribution in [-0.4, -0.2) is 16.2 Å². The number of nitrogens with one attached hydrogen (secondary N) is 2. The van der Waals surface area contributed by atoms with Gasteiger partial charge in [0.15, 0.2) is 0 Å². The number of para-hydroxylation sites is 2. The van der Waals surface area contributed by atoms with Crippen molar-refractivity contribution in [2.75, 3.05) is 5.43 Å². The summed E-state index contributed by atoms with van der Waals surface area (Å²) in [5, 5.41) is 4.02. The van der Waals surface area contributed by atoms with Crippen LogP contribution in [0.3, 0.4) is 0 Å². The third-order valence-corrected chi connectivity index (χ3v) is 2.78. The lowest BCUT2D eigenvalue weighted by Gasteiger charge is -2.01. The van der Waals surface area contributed by atoms with E-state index in [-0.39, 0.29) is 11.4 Å². The Morgan fingerprint density at radius 3 is 2.65 bits per heavy atom. The average molecular weight is 264 g/mol. The van der Waals surface area contributed by atoms with Crippen LogP contribution in [0.15, 0.2) is 64.5 Å². The summed E-state index contributed by atoms with van der Waals surface area (Å²) in [7, 11) is 0. The number of aromatic nitrogens is 2. The van der Waals surface area contributed by atoms with Crippen molar-refractivity contribution in [1.29, 1.82) is 0 Å². The van der Waals surface area contributed by atoms with Crippen LogP contribution < -0.4 is 11.0 Å². The third kappa shape index (κ3) is 2.56. The smallest absolute Gasteiger partial charge is 0.293 e. The molecule has 0 saturated heterocycles. The van der Waals surface area contributed by atoms with Gasteiger partial charge in [-0.2, -0.15) is 5.10 Å². The fourth-order valence-electron chi connectivity index (χ4n) is 1.81. The van der Waals surface area contributed by atoms with Crippen LogP contribution in [-0.2, 0) is 0 Å². The first-order chi connectivity index (χ1) is 9.83. The Bertz CT molecular complexity index is 809. The fourth-order valence-corrected chi connectivity index (χ4v) is 1.81. The van der Waals surface area contributed by atoms with Gasteiger partial charge in [-0.05, 0) is 17.7 Å². The molecule has 0 unspecified atom stereocenters. The van der Waals surface area contributed by atoms with Crippen LogP contribution in [0, 0.1) is 0 Å². The van der Waals surface area contributed by atoms with E-state index >= 15 is 0 Å². The third-order valence-electron chi connectivity index (χ3n) is 2.78. The summed E-state index contributed by atoms with van der Waals surface area (Å²) >= 11 is 0. The van der Waals surface area contributed by atoms with Crippen LogP contribution in [0.1, 0.15) is 5.56 Å². The number of hydrogen-bond donors (Lipinski definition) is 2. The van der Waals surface area contributed by atoms with Gasteiger partial charge in [0.05, 0.1) is 17.2 Å². The molecule has 98 valence electrons. The molecule has 0 spiro atoms. The zero-order valence-electron chi connectivity index (χ0n) is 10.6. The van der Waals surface area contributed by atoms with Gasteiger partial charge in [-0.3, -0.25) is 10.2 Å². The standard InChI is InChI=1S/C15H12N4O/c20-15-14(17-12-8-4-5-9-13(12)18-15)19-16-10-11-6-2-1-3-7-11/h1-10H,(H,17,19)(H,18,20)/b16-10-. The van der Waals surface area contributed by atoms with E-state index in [1.54, 1.807) is 12.3 Å². The number of anilines is 1. The van der Waals surface area contributed by atoms with Gasteiger partial charge in [-0.25, -0.2) is 4.98 Å². The van der Waals surface area contributed by atoms with Crippen molar-refractivity contribution in [2.45, 2.75) is 0 Å². The highest BCUT2D eigenvalue weighted by Crippen LogP contribution is 2.07. The molecule has 5 heteroatoms. The van der Waals surface area contributed by atoms with Gasteiger partial charge in [-0.1, -0.05) is 42.5 Å². The summed E-state index contributed by atoms with van der Waals surface area (Å²) in [5.41, 5.74) is 4.73. The van der Waals surface area contributed by atoms with Gasteiger partial charge in [0.1, 0.15) is 0 Å². The lowest BCUT2D eigenvalue weighted by atomic mass is 10.2. The summed E-state index contributed by atoms with van der Waals surface area (Å²) in [5.74, 6) is 0.177. The number of nitrogens with zero attached hydrogens (tertiary/aromatic N) is 2. The summed E-state index contributed by atoms with van der Waals surface area (Å²) < 4.78 is 0. The molecule has 0 radical (unpaired) electrons. The molecule has 1 heterocycles. The first-order valence-corrected chi connectivity index (χ1v) is 6.16. The number of rotatable bonds is 3. The van der Waals surface area contributed by atoms with Crippen molar-refractivity contribution in [3.63, 3.8) is 0 Å². The highest BCUT2D eigenvalue weighted by molar-refractivity contribution is 5.80. The largest absolute Gasteiger partial charge is 0.317 e. The maximum absolute atomic E-state index is 11.8. The molecule has 2 N–H and O–H groups in total. The Labute approximate surface area is 115 Å². The molecule has 0 aliphatic heterocycles. The molecule has 0 aliphatic carbocycles. The molecular weight excluding hydrogens is 252 g/mol. The first-order valence-electron chi connectivity index (χ1n) is 6.16. The molecule has 0 atom stereocenters. The lowest BCUT2D eigenvalue weighted by molar-refractivity contribution is 1.17. The molecule has 0 aliphatic rings. The predicted octanol–water partition coefficient (Wildman–Crippen LogP) is 2.37. The first kappa shape index (κ1) is 12.1. The minimum absolute atomic E-state index is 0.177. The van der Waals surface area contributed by atoms with E-state index in [1.807, 2.05) is 48.5 Å². The summed E-state index contributed by atoms with van der Waals surface area (Å²) in [4.78, 5) is 18.8. The molecule has 0 fully saturated rings. The zero-order chi connectivity index (χ0) is 13.8. The monoisotopic (exact) mass is 264 g/mol. The van der Waals surface area contributed by atoms with E-state index in [4.69, 9.17) is 0 Å². The van der Waals surface area contributed by atoms with Crippen LogP contribution in [0.2, 0.25) is 0 Å². The zero-order valence-corrected chi connectivity index (χ0v) is 10.6. The molecule has 3 rings (SSSR count). The SMILES string of the molecule is O=c1[nH]c2ccccc2nc1N/N=C\c1ccccc1. The maximum atomic E-state index is 11.8. The van der Waals surface area contributed by atoms with Gasteiger partial charge in [0, 0.05) is 0 Å². The fraction of sp³-hybridized carbons (Fsp3) is 0. The maximum Gasteiger partial charge on any atom is 0.293 e. The second-order valence-corrected chi connectivity index (χ2v) is 4.21. The molecule has 0 amide bonds. The lowest BCUT2D eigenvalue weighted by Crippen LogP contribution is -2.13. The highest BCUT2D eigenvalue weighted by Gasteiger charge is 2.02. The normalized spacial score (nSPS) is 11.0. The number of H-pyrrole nitrogens is 1. The van der Waals surface area contributed by atoms with Crippen molar-refractivity contribution < 1.29 is 0 Å². The Kier molecular flexibility index (Phi) is 3.24. The van der Waals surface area contributed by atoms with Gasteiger partial charge in [0.2, 0.25) is 5.82 Å². The minimum Gasteiger partial charge on any atom is -0.317 e. The quantitative estimate of drug-likeness (QED) is 0.563. The van der Waals surface area contributed by atoms with Crippen molar-refractivity contribution in [2.24, 2.45) is 5.10 Å². The Morgan fingerprint density at radius 1 is 1.05 bits per heavy atom. The number of benzene rings is 2. The second-order valence-electron chi connectivity index (χ2n) is 4.21. The molecule has 1 aromatic heterocycles. The van der Waals surface area contributed by atoms with E-state index in [0.717, 1.165) is 5.56 Å². The molecule has 2 aromatic carbocycles. The Balaban J connectivity index is 1.86. The molecule has 3 aromatic rings. The van der Waals surface area contributed by atoms with E-state index < -0.39 is 0 Å². The average Bonchev–Trinajstić information content (AvgIpc) is 2.49. The summed E-state index contributed by atoms with van der Waals surface area (Å²) in [6, 6.07) is 17.0. The summed E-state index contributed by atoms with van der Waals surface area (Å²) in [6.45, 7) is 0. The molecule has 0 bridgehead atoms. The Hall–Kier alpha value is -2.95. The predicted molar refractivity (Wildman–Crippen MR) is 80.0 cm³/mol. The van der Waals surface area contributed by atoms with Crippen molar-refractivity contribution >= 4 is 23.1 Å². The van der Waals surface area contributed by atoms with E-state index in [2.05, 4.69) is 20.5 Å². The van der Waals surface area contributed by atoms with Gasteiger partial charge < -0.3 is 4.98 Å². The topological polar surface area (TPSA) is 70.1 Å². The minimum atomic E-state index is -0.297. The second kappa shape index (κ2) is 5.36. The van der Waals surface area contributed by atoms with E-state index in [0.29, 0.717) is 11.0 Å². The molecule has 0 saturated carbocycles. The van der Waals surface area contributed by atoms with Crippen molar-refractivity contribution in [1.82, 2.24) is 9.97 Å². The van der Waals surface area contributed by atoms with E-state index in [9.17, 15) is 4.79 Å². The summed E-state index contributed by atoms with van der Waals surface area (Å²) in [6.07, 6.45) is 1.64. The highest BCUT2D eigenvalue weighted by atomic mass is 16.1. The van der Waals surface area contributed by atoms with E-state index in [1.165, 1.54) is 0 Å². The molecule has 20 heavy (non-hydrogen) atoms. The van der Waals surface area contributed by atoms with Crippen LogP contribution in [0.25, 0.3) is 11.0 Å². The van der Waals surface area contributed by atoms with Gasteiger partial charge in [-0.15, -0.1) is 0 Å². The van der Waals surface area contributed by atoms with Crippen molar-refractivity contribution in [3.8, 4) is 0 Å². The molecule has 5 nitrogen and oxygen atoms in total. The number of hydrogen-bond acceptors (Lipinski definition) is 4.